The summed E-state index contributed by atoms with van der Waals surface area (Å²) in [7, 11) is 1.60. The number of carbonyl (C=O) groups is 1. The Morgan fingerprint density at radius 3 is 2.67 bits per heavy atom. The van der Waals surface area contributed by atoms with Crippen LogP contribution in [0.4, 0.5) is 0 Å². The summed E-state index contributed by atoms with van der Waals surface area (Å²) in [4.78, 5) is 10.6. The molecule has 0 amide bonds. The first-order valence-electron chi connectivity index (χ1n) is 6.45. The van der Waals surface area contributed by atoms with Crippen LogP contribution in [-0.4, -0.2) is 18.2 Å². The number of benzene rings is 2. The predicted molar refractivity (Wildman–Crippen MR) is 80.4 cm³/mol. The lowest BCUT2D eigenvalue weighted by molar-refractivity contribution is -0.131. The zero-order chi connectivity index (χ0) is 15.1. The molecule has 108 valence electrons. The summed E-state index contributed by atoms with van der Waals surface area (Å²) in [5.41, 5.74) is 1.74. The lowest BCUT2D eigenvalue weighted by atomic mass is 10.1. The average Bonchev–Trinajstić information content (AvgIpc) is 2.52. The number of carboxylic acids is 1. The molecule has 0 bridgehead atoms. The van der Waals surface area contributed by atoms with Crippen LogP contribution >= 0.6 is 0 Å². The van der Waals surface area contributed by atoms with Gasteiger partial charge in [0.2, 0.25) is 0 Å². The van der Waals surface area contributed by atoms with Gasteiger partial charge in [0.15, 0.2) is 0 Å². The average molecular weight is 284 g/mol. The van der Waals surface area contributed by atoms with Crippen molar-refractivity contribution < 1.29 is 19.4 Å². The van der Waals surface area contributed by atoms with Crippen molar-refractivity contribution in [3.8, 4) is 11.5 Å². The quantitative estimate of drug-likeness (QED) is 0.826. The van der Waals surface area contributed by atoms with Crippen LogP contribution in [0.5, 0.6) is 11.5 Å². The summed E-state index contributed by atoms with van der Waals surface area (Å²) in [5.74, 6) is 0.455. The van der Waals surface area contributed by atoms with Crippen molar-refractivity contribution in [1.82, 2.24) is 0 Å². The first kappa shape index (κ1) is 14.7. The normalized spacial score (nSPS) is 10.5. The van der Waals surface area contributed by atoms with Crippen LogP contribution in [0.2, 0.25) is 0 Å². The summed E-state index contributed by atoms with van der Waals surface area (Å²) < 4.78 is 10.9. The smallest absolute Gasteiger partial charge is 0.328 e. The summed E-state index contributed by atoms with van der Waals surface area (Å²) in [5, 5.41) is 8.70. The van der Waals surface area contributed by atoms with Gasteiger partial charge in [0.1, 0.15) is 18.1 Å². The van der Waals surface area contributed by atoms with Gasteiger partial charge in [0.05, 0.1) is 7.11 Å². The Kier molecular flexibility index (Phi) is 4.99. The molecule has 0 aliphatic carbocycles. The topological polar surface area (TPSA) is 55.8 Å². The van der Waals surface area contributed by atoms with E-state index in [1.807, 2.05) is 42.5 Å². The van der Waals surface area contributed by atoms with E-state index in [0.717, 1.165) is 23.0 Å². The van der Waals surface area contributed by atoms with Gasteiger partial charge < -0.3 is 14.6 Å². The van der Waals surface area contributed by atoms with Crippen LogP contribution in [0.25, 0.3) is 6.08 Å². The van der Waals surface area contributed by atoms with E-state index in [9.17, 15) is 4.79 Å². The lowest BCUT2D eigenvalue weighted by Crippen LogP contribution is -1.98. The largest absolute Gasteiger partial charge is 0.497 e. The Morgan fingerprint density at radius 1 is 1.14 bits per heavy atom. The van der Waals surface area contributed by atoms with E-state index in [1.165, 1.54) is 0 Å². The van der Waals surface area contributed by atoms with Crippen molar-refractivity contribution in [3.63, 3.8) is 0 Å². The molecule has 0 fully saturated rings. The van der Waals surface area contributed by atoms with E-state index in [1.54, 1.807) is 19.3 Å². The van der Waals surface area contributed by atoms with E-state index in [4.69, 9.17) is 14.6 Å². The first-order valence-corrected chi connectivity index (χ1v) is 6.45. The minimum Gasteiger partial charge on any atom is -0.497 e. The molecule has 0 heterocycles. The van der Waals surface area contributed by atoms with E-state index >= 15 is 0 Å². The molecule has 0 atom stereocenters. The van der Waals surface area contributed by atoms with Gasteiger partial charge in [-0.3, -0.25) is 0 Å². The molecule has 2 aromatic carbocycles. The molecular formula is C17H16O4. The van der Waals surface area contributed by atoms with Crippen molar-refractivity contribution in [1.29, 1.82) is 0 Å². The Hall–Kier alpha value is -2.75. The fraction of sp³-hybridized carbons (Fsp3) is 0.118. The number of hydrogen-bond acceptors (Lipinski definition) is 3. The molecule has 2 aromatic rings. The van der Waals surface area contributed by atoms with Gasteiger partial charge in [0, 0.05) is 12.1 Å². The highest BCUT2D eigenvalue weighted by molar-refractivity contribution is 5.85. The van der Waals surface area contributed by atoms with E-state index in [2.05, 4.69) is 0 Å². The van der Waals surface area contributed by atoms with Gasteiger partial charge in [-0.2, -0.15) is 0 Å². The monoisotopic (exact) mass is 284 g/mol. The Morgan fingerprint density at radius 2 is 1.90 bits per heavy atom. The molecule has 2 rings (SSSR count). The Balaban J connectivity index is 2.10. The minimum atomic E-state index is -0.974. The maximum Gasteiger partial charge on any atom is 0.328 e. The second kappa shape index (κ2) is 7.14. The lowest BCUT2D eigenvalue weighted by Gasteiger charge is -2.09. The zero-order valence-corrected chi connectivity index (χ0v) is 11.7. The van der Waals surface area contributed by atoms with Gasteiger partial charge in [-0.25, -0.2) is 4.79 Å². The number of hydrogen-bond donors (Lipinski definition) is 1. The van der Waals surface area contributed by atoms with Gasteiger partial charge in [-0.05, 0) is 29.3 Å². The molecule has 4 heteroatoms. The van der Waals surface area contributed by atoms with Crippen LogP contribution < -0.4 is 9.47 Å². The fourth-order valence-electron chi connectivity index (χ4n) is 1.84. The molecule has 4 nitrogen and oxygen atoms in total. The van der Waals surface area contributed by atoms with Gasteiger partial charge in [-0.15, -0.1) is 0 Å². The molecule has 0 saturated carbocycles. The standard InChI is InChI=1S/C17H16O4/c1-20-15-7-4-8-16(11-15)21-12-14-6-3-2-5-13(14)9-10-17(18)19/h2-11H,12H2,1H3,(H,18,19). The molecule has 21 heavy (non-hydrogen) atoms. The van der Waals surface area contributed by atoms with Gasteiger partial charge in [0.25, 0.3) is 0 Å². The van der Waals surface area contributed by atoms with Crippen molar-refractivity contribution in [2.45, 2.75) is 6.61 Å². The van der Waals surface area contributed by atoms with Crippen molar-refractivity contribution in [3.05, 3.63) is 65.7 Å². The minimum absolute atomic E-state index is 0.354. The zero-order valence-electron chi connectivity index (χ0n) is 11.7. The van der Waals surface area contributed by atoms with Crippen LogP contribution in [0, 0.1) is 0 Å². The third-order valence-electron chi connectivity index (χ3n) is 2.90. The molecule has 0 radical (unpaired) electrons. The molecule has 0 unspecified atom stereocenters. The molecular weight excluding hydrogens is 268 g/mol. The highest BCUT2D eigenvalue weighted by Crippen LogP contribution is 2.21. The van der Waals surface area contributed by atoms with Crippen LogP contribution in [0.15, 0.2) is 54.6 Å². The maximum atomic E-state index is 10.6. The third-order valence-corrected chi connectivity index (χ3v) is 2.90. The van der Waals surface area contributed by atoms with E-state index in [-0.39, 0.29) is 0 Å². The summed E-state index contributed by atoms with van der Waals surface area (Å²) >= 11 is 0. The summed E-state index contributed by atoms with van der Waals surface area (Å²) in [6.07, 6.45) is 2.68. The first-order chi connectivity index (χ1) is 10.2. The number of ether oxygens (including phenoxy) is 2. The number of rotatable bonds is 6. The maximum absolute atomic E-state index is 10.6. The van der Waals surface area contributed by atoms with Crippen LogP contribution in [-0.2, 0) is 11.4 Å². The molecule has 1 N–H and O–H groups in total. The van der Waals surface area contributed by atoms with Crippen LogP contribution in [0.3, 0.4) is 0 Å². The van der Waals surface area contributed by atoms with E-state index in [0.29, 0.717) is 12.4 Å². The SMILES string of the molecule is COc1cccc(OCc2ccccc2C=CC(=O)O)c1. The predicted octanol–water partition coefficient (Wildman–Crippen LogP) is 3.37. The Bertz CT molecular complexity index is 647. The van der Waals surface area contributed by atoms with Gasteiger partial charge >= 0.3 is 5.97 Å². The molecule has 0 aliphatic heterocycles. The summed E-state index contributed by atoms with van der Waals surface area (Å²) in [6, 6.07) is 14.8. The van der Waals surface area contributed by atoms with Crippen molar-refractivity contribution >= 4 is 12.0 Å². The van der Waals surface area contributed by atoms with E-state index < -0.39 is 5.97 Å². The molecule has 0 saturated heterocycles. The third kappa shape index (κ3) is 4.38. The number of methoxy groups -OCH3 is 1. The highest BCUT2D eigenvalue weighted by atomic mass is 16.5. The van der Waals surface area contributed by atoms with Crippen LogP contribution in [0.1, 0.15) is 11.1 Å². The second-order valence-electron chi connectivity index (χ2n) is 4.34. The summed E-state index contributed by atoms with van der Waals surface area (Å²) in [6.45, 7) is 0.354. The fourth-order valence-corrected chi connectivity index (χ4v) is 1.84. The Labute approximate surface area is 123 Å². The number of aliphatic carboxylic acids is 1. The van der Waals surface area contributed by atoms with Gasteiger partial charge in [-0.1, -0.05) is 30.3 Å². The highest BCUT2D eigenvalue weighted by Gasteiger charge is 2.02. The number of carboxylic acid groups (broad SMARTS) is 1. The molecule has 0 aliphatic rings. The van der Waals surface area contributed by atoms with Crippen molar-refractivity contribution in [2.75, 3.05) is 7.11 Å². The molecule has 0 aromatic heterocycles. The second-order valence-corrected chi connectivity index (χ2v) is 4.34. The molecule has 0 spiro atoms. The van der Waals surface area contributed by atoms with Crippen molar-refractivity contribution in [2.24, 2.45) is 0 Å².